The molecule has 0 fully saturated rings. The Morgan fingerprint density at radius 1 is 1.09 bits per heavy atom. The van der Waals surface area contributed by atoms with Gasteiger partial charge in [-0.25, -0.2) is 0 Å². The molecule has 176 valence electrons. The number of fused-ring (bicyclic) bond motifs is 1. The average molecular weight is 475 g/mol. The van der Waals surface area contributed by atoms with E-state index in [9.17, 15) is 9.59 Å². The lowest BCUT2D eigenvalue weighted by Crippen LogP contribution is -2.47. The fraction of sp³-hybridized carbons (Fsp3) is 0.286. The average Bonchev–Trinajstić information content (AvgIpc) is 3.32. The summed E-state index contributed by atoms with van der Waals surface area (Å²) in [6.45, 7) is 9.08. The number of amides is 2. The van der Waals surface area contributed by atoms with Crippen molar-refractivity contribution in [3.8, 4) is 5.75 Å². The van der Waals surface area contributed by atoms with Gasteiger partial charge >= 0.3 is 0 Å². The Hall–Kier alpha value is -3.38. The fourth-order valence-corrected chi connectivity index (χ4v) is 5.12. The van der Waals surface area contributed by atoms with E-state index in [1.54, 1.807) is 34.4 Å². The van der Waals surface area contributed by atoms with E-state index in [2.05, 4.69) is 18.0 Å². The number of carbonyl (C=O) groups excluding carboxylic acids is 2. The van der Waals surface area contributed by atoms with Crippen molar-refractivity contribution in [1.29, 1.82) is 0 Å². The van der Waals surface area contributed by atoms with E-state index in [0.717, 1.165) is 23.3 Å². The molecule has 6 heteroatoms. The van der Waals surface area contributed by atoms with Gasteiger partial charge < -0.3 is 14.5 Å². The van der Waals surface area contributed by atoms with Gasteiger partial charge in [-0.3, -0.25) is 9.59 Å². The van der Waals surface area contributed by atoms with E-state index in [4.69, 9.17) is 4.74 Å². The summed E-state index contributed by atoms with van der Waals surface area (Å²) in [5, 5.41) is 2.07. The normalized spacial score (nSPS) is 14.9. The molecule has 0 N–H and O–H groups in total. The third-order valence-electron chi connectivity index (χ3n) is 6.11. The minimum absolute atomic E-state index is 0.000762. The number of nitrogens with zero attached hydrogens (tertiary/aromatic N) is 2. The lowest BCUT2D eigenvalue weighted by atomic mass is 10.0. The minimum Gasteiger partial charge on any atom is -0.491 e. The van der Waals surface area contributed by atoms with Gasteiger partial charge in [0.15, 0.2) is 0 Å². The zero-order chi connectivity index (χ0) is 24.1. The van der Waals surface area contributed by atoms with Gasteiger partial charge in [-0.15, -0.1) is 17.9 Å². The van der Waals surface area contributed by atoms with Gasteiger partial charge in [-0.1, -0.05) is 41.5 Å². The second-order valence-electron chi connectivity index (χ2n) is 8.62. The summed E-state index contributed by atoms with van der Waals surface area (Å²) in [5.74, 6) is 0.522. The maximum Gasteiger partial charge on any atom is 0.254 e. The first kappa shape index (κ1) is 23.8. The van der Waals surface area contributed by atoms with Crippen molar-refractivity contribution in [2.75, 3.05) is 26.2 Å². The molecule has 1 aliphatic rings. The topological polar surface area (TPSA) is 49.9 Å². The van der Waals surface area contributed by atoms with Crippen LogP contribution in [0.5, 0.6) is 5.75 Å². The summed E-state index contributed by atoms with van der Waals surface area (Å²) in [6, 6.07) is 17.2. The van der Waals surface area contributed by atoms with Gasteiger partial charge in [0.2, 0.25) is 5.91 Å². The van der Waals surface area contributed by atoms with Crippen LogP contribution in [0.1, 0.15) is 38.0 Å². The van der Waals surface area contributed by atoms with Crippen molar-refractivity contribution in [1.82, 2.24) is 9.80 Å². The molecular formula is C28H30N2O3S. The van der Waals surface area contributed by atoms with E-state index >= 15 is 0 Å². The predicted octanol–water partition coefficient (Wildman–Crippen LogP) is 5.20. The number of thiophene rings is 1. The summed E-state index contributed by atoms with van der Waals surface area (Å²) in [4.78, 5) is 31.4. The standard InChI is InChI=1S/C28H30N2O3S/c1-4-15-29(28(32)22-9-5-20(2)6-10-22)18-27(31)30-16-13-26-24(14-17-34-26)25(30)19-33-23-11-7-21(3)8-12-23/h4-12,14,17,25H,1,13,15-16,18-19H2,2-3H3/t25-/m0/s1. The maximum absolute atomic E-state index is 13.5. The molecule has 0 aliphatic carbocycles. The smallest absolute Gasteiger partial charge is 0.254 e. The minimum atomic E-state index is -0.191. The largest absolute Gasteiger partial charge is 0.491 e. The molecule has 2 heterocycles. The second-order valence-corrected chi connectivity index (χ2v) is 9.62. The maximum atomic E-state index is 13.5. The van der Waals surface area contributed by atoms with Gasteiger partial charge in [0.25, 0.3) is 5.91 Å². The van der Waals surface area contributed by atoms with Crippen LogP contribution in [0.15, 0.2) is 72.6 Å². The van der Waals surface area contributed by atoms with Crippen LogP contribution in [0.3, 0.4) is 0 Å². The highest BCUT2D eigenvalue weighted by atomic mass is 32.1. The first-order valence-corrected chi connectivity index (χ1v) is 12.4. The van der Waals surface area contributed by atoms with Gasteiger partial charge in [0.05, 0.1) is 6.04 Å². The Morgan fingerprint density at radius 3 is 2.44 bits per heavy atom. The Bertz CT molecular complexity index is 1150. The molecule has 2 aromatic carbocycles. The summed E-state index contributed by atoms with van der Waals surface area (Å²) >= 11 is 1.72. The second kappa shape index (κ2) is 10.7. The van der Waals surface area contributed by atoms with Crippen molar-refractivity contribution >= 4 is 23.2 Å². The first-order valence-electron chi connectivity index (χ1n) is 11.5. The molecule has 0 bridgehead atoms. The van der Waals surface area contributed by atoms with Crippen LogP contribution in [-0.4, -0.2) is 47.9 Å². The predicted molar refractivity (Wildman–Crippen MR) is 136 cm³/mol. The van der Waals surface area contributed by atoms with Crippen LogP contribution < -0.4 is 4.74 Å². The molecule has 3 aromatic rings. The number of aryl methyl sites for hydroxylation is 2. The van der Waals surface area contributed by atoms with Crippen LogP contribution in [0.2, 0.25) is 0 Å². The molecule has 1 atom stereocenters. The van der Waals surface area contributed by atoms with Crippen LogP contribution in [0, 0.1) is 13.8 Å². The fourth-order valence-electron chi connectivity index (χ4n) is 4.19. The molecule has 0 unspecified atom stereocenters. The van der Waals surface area contributed by atoms with Crippen molar-refractivity contribution in [3.63, 3.8) is 0 Å². The monoisotopic (exact) mass is 474 g/mol. The number of hydrogen-bond acceptors (Lipinski definition) is 4. The van der Waals surface area contributed by atoms with Crippen LogP contribution in [0.25, 0.3) is 0 Å². The molecule has 5 nitrogen and oxygen atoms in total. The first-order chi connectivity index (χ1) is 16.5. The van der Waals surface area contributed by atoms with Crippen LogP contribution in [0.4, 0.5) is 0 Å². The van der Waals surface area contributed by atoms with E-state index in [1.807, 2.05) is 55.1 Å². The third kappa shape index (κ3) is 5.39. The molecule has 0 spiro atoms. The summed E-state index contributed by atoms with van der Waals surface area (Å²) in [5.41, 5.74) is 3.96. The highest BCUT2D eigenvalue weighted by molar-refractivity contribution is 7.10. The summed E-state index contributed by atoms with van der Waals surface area (Å²) in [6.07, 6.45) is 2.47. The Balaban J connectivity index is 1.51. The molecular weight excluding hydrogens is 444 g/mol. The molecule has 0 saturated carbocycles. The van der Waals surface area contributed by atoms with Crippen LogP contribution >= 0.6 is 11.3 Å². The lowest BCUT2D eigenvalue weighted by Gasteiger charge is -2.37. The molecule has 2 amide bonds. The third-order valence-corrected chi connectivity index (χ3v) is 7.10. The SMILES string of the molecule is C=CCN(CC(=O)N1CCc2sccc2[C@@H]1COc1ccc(C)cc1)C(=O)c1ccc(C)cc1. The highest BCUT2D eigenvalue weighted by Gasteiger charge is 2.33. The van der Waals surface area contributed by atoms with Crippen molar-refractivity contribution < 1.29 is 14.3 Å². The summed E-state index contributed by atoms with van der Waals surface area (Å²) in [7, 11) is 0. The van der Waals surface area contributed by atoms with Crippen LogP contribution in [-0.2, 0) is 11.2 Å². The van der Waals surface area contributed by atoms with Gasteiger partial charge in [-0.2, -0.15) is 0 Å². The Kier molecular flexibility index (Phi) is 7.48. The van der Waals surface area contributed by atoms with Crippen molar-refractivity contribution in [3.05, 3.63) is 99.8 Å². The number of benzene rings is 2. The number of carbonyl (C=O) groups is 2. The zero-order valence-corrected chi connectivity index (χ0v) is 20.5. The van der Waals surface area contributed by atoms with Crippen molar-refractivity contribution in [2.45, 2.75) is 26.3 Å². The van der Waals surface area contributed by atoms with Gasteiger partial charge in [0, 0.05) is 23.5 Å². The molecule has 1 aromatic heterocycles. The Labute approximate surface area is 205 Å². The van der Waals surface area contributed by atoms with Gasteiger partial charge in [-0.05, 0) is 61.5 Å². The van der Waals surface area contributed by atoms with E-state index < -0.39 is 0 Å². The van der Waals surface area contributed by atoms with Gasteiger partial charge in [0.1, 0.15) is 18.9 Å². The molecule has 0 saturated heterocycles. The quantitative estimate of drug-likeness (QED) is 0.422. The molecule has 4 rings (SSSR count). The number of rotatable bonds is 8. The molecule has 34 heavy (non-hydrogen) atoms. The molecule has 0 radical (unpaired) electrons. The number of ether oxygens (including phenoxy) is 1. The Morgan fingerprint density at radius 2 is 1.76 bits per heavy atom. The highest BCUT2D eigenvalue weighted by Crippen LogP contribution is 2.34. The molecule has 1 aliphatic heterocycles. The van der Waals surface area contributed by atoms with E-state index in [0.29, 0.717) is 25.3 Å². The van der Waals surface area contributed by atoms with E-state index in [1.165, 1.54) is 10.4 Å². The van der Waals surface area contributed by atoms with E-state index in [-0.39, 0.29) is 24.4 Å². The van der Waals surface area contributed by atoms with Crippen molar-refractivity contribution in [2.24, 2.45) is 0 Å². The summed E-state index contributed by atoms with van der Waals surface area (Å²) < 4.78 is 6.10. The number of hydrogen-bond donors (Lipinski definition) is 0. The zero-order valence-electron chi connectivity index (χ0n) is 19.7. The lowest BCUT2D eigenvalue weighted by molar-refractivity contribution is -0.135.